The quantitative estimate of drug-likeness (QED) is 0.420. The molecule has 4 N–H and O–H groups in total. The summed E-state index contributed by atoms with van der Waals surface area (Å²) in [6, 6.07) is 2.95. The van der Waals surface area contributed by atoms with Crippen LogP contribution in [0.2, 0.25) is 0 Å². The number of nitrogens with two attached hydrogens (primary N) is 1. The zero-order valence-electron chi connectivity index (χ0n) is 11.0. The maximum absolute atomic E-state index is 11.3. The Morgan fingerprint density at radius 1 is 1.48 bits per heavy atom. The zero-order valence-corrected chi connectivity index (χ0v) is 11.0. The van der Waals surface area contributed by atoms with Crippen molar-refractivity contribution >= 4 is 29.1 Å². The number of amides is 2. The van der Waals surface area contributed by atoms with Crippen LogP contribution >= 0.6 is 0 Å². The number of hydrogen-bond acceptors (Lipinski definition) is 6. The largest absolute Gasteiger partial charge is 0.448 e. The van der Waals surface area contributed by atoms with Crippen molar-refractivity contribution in [3.8, 4) is 0 Å². The highest BCUT2D eigenvalue weighted by atomic mass is 16.6. The number of hydrogen-bond donors (Lipinski definition) is 3. The second kappa shape index (κ2) is 6.07. The maximum Gasteiger partial charge on any atom is 0.404 e. The summed E-state index contributed by atoms with van der Waals surface area (Å²) in [7, 11) is 0. The van der Waals surface area contributed by atoms with Crippen molar-refractivity contribution in [1.29, 1.82) is 0 Å². The van der Waals surface area contributed by atoms with Crippen molar-refractivity contribution < 1.29 is 19.2 Å². The highest BCUT2D eigenvalue weighted by Crippen LogP contribution is 2.33. The number of fused-ring (bicyclic) bond motifs is 1. The number of aryl methyl sites for hydroxylation is 1. The molecule has 0 bridgehead atoms. The Morgan fingerprint density at radius 3 is 2.90 bits per heavy atom. The SMILES string of the molecule is NC(=O)OCCNc1cc2c(cc1[N+](=O)[O-])NC(=O)CC2. The molecule has 2 amide bonds. The summed E-state index contributed by atoms with van der Waals surface area (Å²) in [6.07, 6.45) is -0.0415. The number of ether oxygens (including phenoxy) is 1. The summed E-state index contributed by atoms with van der Waals surface area (Å²) >= 11 is 0. The molecule has 1 aromatic carbocycles. The van der Waals surface area contributed by atoms with Gasteiger partial charge in [-0.05, 0) is 18.1 Å². The molecule has 9 heteroatoms. The standard InChI is InChI=1S/C12H14N4O5/c13-12(18)21-4-3-14-9-5-7-1-2-11(17)15-8(7)6-10(9)16(19)20/h5-6,14H,1-4H2,(H2,13,18)(H,15,17). The fraction of sp³-hybridized carbons (Fsp3) is 0.333. The molecule has 1 aliphatic rings. The smallest absolute Gasteiger partial charge is 0.404 e. The van der Waals surface area contributed by atoms with E-state index in [1.54, 1.807) is 6.07 Å². The van der Waals surface area contributed by atoms with Crippen molar-refractivity contribution in [2.45, 2.75) is 12.8 Å². The number of nitrogens with one attached hydrogen (secondary N) is 2. The molecule has 0 saturated heterocycles. The van der Waals surface area contributed by atoms with Crippen LogP contribution < -0.4 is 16.4 Å². The fourth-order valence-electron chi connectivity index (χ4n) is 2.05. The Kier molecular flexibility index (Phi) is 4.21. The lowest BCUT2D eigenvalue weighted by molar-refractivity contribution is -0.383. The molecule has 0 aromatic heterocycles. The molecule has 0 unspecified atom stereocenters. The van der Waals surface area contributed by atoms with Crippen LogP contribution in [-0.4, -0.2) is 30.1 Å². The molecule has 0 atom stereocenters. The van der Waals surface area contributed by atoms with Crippen LogP contribution in [0.3, 0.4) is 0 Å². The summed E-state index contributed by atoms with van der Waals surface area (Å²) in [5.41, 5.74) is 6.24. The van der Waals surface area contributed by atoms with Crippen LogP contribution in [0.25, 0.3) is 0 Å². The molecule has 1 aliphatic heterocycles. The van der Waals surface area contributed by atoms with Crippen molar-refractivity contribution in [3.63, 3.8) is 0 Å². The fourth-order valence-corrected chi connectivity index (χ4v) is 2.05. The van der Waals surface area contributed by atoms with Gasteiger partial charge in [0, 0.05) is 19.0 Å². The predicted molar refractivity (Wildman–Crippen MR) is 74.1 cm³/mol. The summed E-state index contributed by atoms with van der Waals surface area (Å²) < 4.78 is 4.54. The Morgan fingerprint density at radius 2 is 2.24 bits per heavy atom. The number of nitro benzene ring substituents is 1. The minimum Gasteiger partial charge on any atom is -0.448 e. The summed E-state index contributed by atoms with van der Waals surface area (Å²) in [6.45, 7) is 0.190. The van der Waals surface area contributed by atoms with E-state index < -0.39 is 11.0 Å². The summed E-state index contributed by atoms with van der Waals surface area (Å²) in [4.78, 5) is 32.3. The number of benzene rings is 1. The first-order valence-electron chi connectivity index (χ1n) is 6.24. The molecule has 1 heterocycles. The third-order valence-electron chi connectivity index (χ3n) is 2.98. The molecule has 1 aromatic rings. The van der Waals surface area contributed by atoms with Gasteiger partial charge in [0.05, 0.1) is 10.6 Å². The monoisotopic (exact) mass is 294 g/mol. The maximum atomic E-state index is 11.3. The molecule has 0 spiro atoms. The number of nitro groups is 1. The van der Waals surface area contributed by atoms with E-state index in [9.17, 15) is 19.7 Å². The molecular weight excluding hydrogens is 280 g/mol. The third-order valence-corrected chi connectivity index (χ3v) is 2.98. The van der Waals surface area contributed by atoms with Crippen molar-refractivity contribution in [1.82, 2.24) is 0 Å². The van der Waals surface area contributed by atoms with Gasteiger partial charge in [-0.15, -0.1) is 0 Å². The topological polar surface area (TPSA) is 137 Å². The molecule has 0 aliphatic carbocycles. The van der Waals surface area contributed by atoms with Gasteiger partial charge in [0.15, 0.2) is 0 Å². The number of carbonyl (C=O) groups excluding carboxylic acids is 2. The Balaban J connectivity index is 2.17. The first-order valence-corrected chi connectivity index (χ1v) is 6.24. The van der Waals surface area contributed by atoms with Gasteiger partial charge in [0.25, 0.3) is 5.69 Å². The van der Waals surface area contributed by atoms with Gasteiger partial charge in [-0.25, -0.2) is 4.79 Å². The van der Waals surface area contributed by atoms with Crippen LogP contribution in [-0.2, 0) is 16.0 Å². The van der Waals surface area contributed by atoms with Gasteiger partial charge in [-0.1, -0.05) is 0 Å². The van der Waals surface area contributed by atoms with Gasteiger partial charge in [0.2, 0.25) is 5.91 Å². The Labute approximate surface area is 119 Å². The second-order valence-corrected chi connectivity index (χ2v) is 4.43. The van der Waals surface area contributed by atoms with Crippen LogP contribution in [0, 0.1) is 10.1 Å². The lowest BCUT2D eigenvalue weighted by Crippen LogP contribution is -2.20. The lowest BCUT2D eigenvalue weighted by atomic mass is 10.0. The first-order chi connectivity index (χ1) is 9.97. The van der Waals surface area contributed by atoms with E-state index >= 15 is 0 Å². The highest BCUT2D eigenvalue weighted by molar-refractivity contribution is 5.95. The number of carbonyl (C=O) groups is 2. The molecule has 0 radical (unpaired) electrons. The van der Waals surface area contributed by atoms with Crippen molar-refractivity contribution in [2.75, 3.05) is 23.8 Å². The third kappa shape index (κ3) is 3.59. The van der Waals surface area contributed by atoms with E-state index in [0.29, 0.717) is 24.2 Å². The van der Waals surface area contributed by atoms with Crippen LogP contribution in [0.1, 0.15) is 12.0 Å². The number of nitrogens with zero attached hydrogens (tertiary/aromatic N) is 1. The van der Waals surface area contributed by atoms with Crippen LogP contribution in [0.4, 0.5) is 21.9 Å². The average Bonchev–Trinajstić information content (AvgIpc) is 2.42. The van der Waals surface area contributed by atoms with E-state index in [1.165, 1.54) is 6.07 Å². The summed E-state index contributed by atoms with van der Waals surface area (Å²) in [5, 5.41) is 16.5. The van der Waals surface area contributed by atoms with Crippen LogP contribution in [0.15, 0.2) is 12.1 Å². The molecule has 21 heavy (non-hydrogen) atoms. The van der Waals surface area contributed by atoms with Gasteiger partial charge >= 0.3 is 6.09 Å². The van der Waals surface area contributed by atoms with Gasteiger partial charge in [0.1, 0.15) is 12.3 Å². The van der Waals surface area contributed by atoms with Crippen molar-refractivity contribution in [3.05, 3.63) is 27.8 Å². The van der Waals surface area contributed by atoms with Gasteiger partial charge in [-0.2, -0.15) is 0 Å². The minimum absolute atomic E-state index is 0.000306. The molecular formula is C12H14N4O5. The average molecular weight is 294 g/mol. The Hall–Kier alpha value is -2.84. The Bertz CT molecular complexity index is 602. The van der Waals surface area contributed by atoms with E-state index in [2.05, 4.69) is 15.4 Å². The van der Waals surface area contributed by atoms with E-state index in [4.69, 9.17) is 5.73 Å². The summed E-state index contributed by atoms with van der Waals surface area (Å²) in [5.74, 6) is -0.160. The normalized spacial score (nSPS) is 13.0. The molecule has 9 nitrogen and oxygen atoms in total. The van der Waals surface area contributed by atoms with Gasteiger partial charge < -0.3 is 21.1 Å². The zero-order chi connectivity index (χ0) is 15.4. The number of anilines is 2. The second-order valence-electron chi connectivity index (χ2n) is 4.43. The highest BCUT2D eigenvalue weighted by Gasteiger charge is 2.22. The predicted octanol–water partition coefficient (Wildman–Crippen LogP) is 0.987. The lowest BCUT2D eigenvalue weighted by Gasteiger charge is -2.18. The first kappa shape index (κ1) is 14.6. The van der Waals surface area contributed by atoms with E-state index in [0.717, 1.165) is 5.56 Å². The number of rotatable bonds is 5. The molecule has 0 fully saturated rings. The minimum atomic E-state index is -0.903. The van der Waals surface area contributed by atoms with Gasteiger partial charge in [-0.3, -0.25) is 14.9 Å². The molecule has 0 saturated carbocycles. The molecule has 2 rings (SSSR count). The van der Waals surface area contributed by atoms with E-state index in [1.807, 2.05) is 0 Å². The molecule has 112 valence electrons. The van der Waals surface area contributed by atoms with E-state index in [-0.39, 0.29) is 24.7 Å². The van der Waals surface area contributed by atoms with Crippen molar-refractivity contribution in [2.24, 2.45) is 5.73 Å². The van der Waals surface area contributed by atoms with Crippen LogP contribution in [0.5, 0.6) is 0 Å². The number of primary amides is 1.